The van der Waals surface area contributed by atoms with Crippen molar-refractivity contribution < 1.29 is 22.8 Å². The highest BCUT2D eigenvalue weighted by Crippen LogP contribution is 2.19. The molecule has 0 unspecified atom stereocenters. The van der Waals surface area contributed by atoms with Gasteiger partial charge in [-0.25, -0.2) is 13.2 Å². The second-order valence-corrected chi connectivity index (χ2v) is 6.58. The van der Waals surface area contributed by atoms with E-state index < -0.39 is 29.0 Å². The van der Waals surface area contributed by atoms with Crippen molar-refractivity contribution in [2.75, 3.05) is 30.3 Å². The highest BCUT2D eigenvalue weighted by Gasteiger charge is 2.18. The van der Waals surface area contributed by atoms with E-state index in [1.165, 1.54) is 0 Å². The molecule has 29 heavy (non-hydrogen) atoms. The molecule has 8 heteroatoms. The van der Waals surface area contributed by atoms with E-state index in [2.05, 4.69) is 10.6 Å². The molecule has 0 bridgehead atoms. The van der Waals surface area contributed by atoms with Crippen molar-refractivity contribution >= 4 is 23.2 Å². The maximum absolute atomic E-state index is 13.7. The molecular weight excluding hydrogens is 383 g/mol. The number of aryl methyl sites for hydroxylation is 1. The zero-order chi connectivity index (χ0) is 21.4. The minimum atomic E-state index is -1.65. The van der Waals surface area contributed by atoms with Gasteiger partial charge in [-0.15, -0.1) is 0 Å². The zero-order valence-electron chi connectivity index (χ0n) is 16.4. The Bertz CT molecular complexity index is 874. The van der Waals surface area contributed by atoms with Crippen molar-refractivity contribution in [3.8, 4) is 0 Å². The largest absolute Gasteiger partial charge is 0.325 e. The van der Waals surface area contributed by atoms with E-state index in [0.717, 1.165) is 24.1 Å². The van der Waals surface area contributed by atoms with Gasteiger partial charge in [0, 0.05) is 5.69 Å². The molecule has 0 atom stereocenters. The van der Waals surface area contributed by atoms with Gasteiger partial charge in [0.25, 0.3) is 0 Å². The number of rotatable bonds is 9. The standard InChI is InChI=1S/C21H24F3N3O2/c1-3-10-27(12-18(28)25-15-7-5-6-14(4-2)11-15)13-19(29)26-17-9-8-16(22)20(23)21(17)24/h5-9,11H,3-4,10,12-13H2,1-2H3,(H,25,28)(H,26,29). The van der Waals surface area contributed by atoms with Crippen LogP contribution in [-0.2, 0) is 16.0 Å². The Kier molecular flexibility index (Phi) is 8.21. The highest BCUT2D eigenvalue weighted by molar-refractivity contribution is 5.94. The third kappa shape index (κ3) is 6.60. The van der Waals surface area contributed by atoms with E-state index in [9.17, 15) is 22.8 Å². The van der Waals surface area contributed by atoms with Crippen LogP contribution in [0.4, 0.5) is 24.5 Å². The Morgan fingerprint density at radius 2 is 1.62 bits per heavy atom. The summed E-state index contributed by atoms with van der Waals surface area (Å²) in [5.41, 5.74) is 1.30. The maximum atomic E-state index is 13.7. The lowest BCUT2D eigenvalue weighted by Crippen LogP contribution is -2.39. The number of hydrogen-bond acceptors (Lipinski definition) is 3. The molecule has 2 aromatic carbocycles. The fourth-order valence-corrected chi connectivity index (χ4v) is 2.82. The van der Waals surface area contributed by atoms with Crippen LogP contribution in [0.5, 0.6) is 0 Å². The second kappa shape index (κ2) is 10.6. The molecule has 0 aromatic heterocycles. The predicted octanol–water partition coefficient (Wildman–Crippen LogP) is 3.96. The number of hydrogen-bond donors (Lipinski definition) is 2. The van der Waals surface area contributed by atoms with Crippen LogP contribution in [0, 0.1) is 17.5 Å². The number of anilines is 2. The minimum Gasteiger partial charge on any atom is -0.325 e. The van der Waals surface area contributed by atoms with Crippen molar-refractivity contribution in [1.29, 1.82) is 0 Å². The molecular formula is C21H24F3N3O2. The van der Waals surface area contributed by atoms with Crippen LogP contribution in [0.2, 0.25) is 0 Å². The number of nitrogens with zero attached hydrogens (tertiary/aromatic N) is 1. The van der Waals surface area contributed by atoms with Gasteiger partial charge >= 0.3 is 0 Å². The normalized spacial score (nSPS) is 10.8. The molecule has 2 amide bonds. The molecule has 5 nitrogen and oxygen atoms in total. The molecule has 0 fully saturated rings. The topological polar surface area (TPSA) is 61.4 Å². The lowest BCUT2D eigenvalue weighted by atomic mass is 10.1. The molecule has 0 aliphatic rings. The SMILES string of the molecule is CCCN(CC(=O)Nc1cccc(CC)c1)CC(=O)Nc1ccc(F)c(F)c1F. The summed E-state index contributed by atoms with van der Waals surface area (Å²) in [7, 11) is 0. The van der Waals surface area contributed by atoms with Crippen molar-refractivity contribution in [3.63, 3.8) is 0 Å². The maximum Gasteiger partial charge on any atom is 0.238 e. The molecule has 0 saturated heterocycles. The van der Waals surface area contributed by atoms with E-state index in [1.54, 1.807) is 11.0 Å². The summed E-state index contributed by atoms with van der Waals surface area (Å²) in [6, 6.07) is 9.14. The number of benzene rings is 2. The fraction of sp³-hybridized carbons (Fsp3) is 0.333. The van der Waals surface area contributed by atoms with Gasteiger partial charge in [0.15, 0.2) is 17.5 Å². The van der Waals surface area contributed by atoms with Gasteiger partial charge in [-0.1, -0.05) is 26.0 Å². The first-order valence-electron chi connectivity index (χ1n) is 9.38. The van der Waals surface area contributed by atoms with E-state index in [1.807, 2.05) is 32.0 Å². The smallest absolute Gasteiger partial charge is 0.238 e. The van der Waals surface area contributed by atoms with Crippen LogP contribution < -0.4 is 10.6 Å². The van der Waals surface area contributed by atoms with E-state index in [0.29, 0.717) is 18.7 Å². The van der Waals surface area contributed by atoms with E-state index in [4.69, 9.17) is 0 Å². The Balaban J connectivity index is 1.97. The summed E-state index contributed by atoms with van der Waals surface area (Å²) in [4.78, 5) is 26.1. The molecule has 2 aromatic rings. The second-order valence-electron chi connectivity index (χ2n) is 6.58. The van der Waals surface area contributed by atoms with Gasteiger partial charge in [0.05, 0.1) is 18.8 Å². The van der Waals surface area contributed by atoms with E-state index >= 15 is 0 Å². The van der Waals surface area contributed by atoms with Crippen molar-refractivity contribution in [1.82, 2.24) is 4.90 Å². The quantitative estimate of drug-likeness (QED) is 0.619. The lowest BCUT2D eigenvalue weighted by molar-refractivity contribution is -0.120. The predicted molar refractivity (Wildman–Crippen MR) is 106 cm³/mol. The summed E-state index contributed by atoms with van der Waals surface area (Å²) < 4.78 is 40.0. The monoisotopic (exact) mass is 407 g/mol. The van der Waals surface area contributed by atoms with Gasteiger partial charge in [-0.3, -0.25) is 14.5 Å². The van der Waals surface area contributed by atoms with Crippen molar-refractivity contribution in [2.24, 2.45) is 0 Å². The van der Waals surface area contributed by atoms with Gasteiger partial charge < -0.3 is 10.6 Å². The summed E-state index contributed by atoms with van der Waals surface area (Å²) in [6.07, 6.45) is 1.53. The number of halogens is 3. The van der Waals surface area contributed by atoms with E-state index in [-0.39, 0.29) is 19.0 Å². The summed E-state index contributed by atoms with van der Waals surface area (Å²) >= 11 is 0. The highest BCUT2D eigenvalue weighted by atomic mass is 19.2. The first kappa shape index (κ1) is 22.4. The van der Waals surface area contributed by atoms with Crippen LogP contribution in [0.3, 0.4) is 0 Å². The molecule has 0 saturated carbocycles. The van der Waals surface area contributed by atoms with Gasteiger partial charge in [0.2, 0.25) is 11.8 Å². The average Bonchev–Trinajstić information content (AvgIpc) is 2.68. The first-order chi connectivity index (χ1) is 13.8. The molecule has 0 aliphatic heterocycles. The molecule has 0 radical (unpaired) electrons. The van der Waals surface area contributed by atoms with Crippen LogP contribution in [-0.4, -0.2) is 36.3 Å². The number of nitrogens with one attached hydrogen (secondary N) is 2. The van der Waals surface area contributed by atoms with Gasteiger partial charge in [-0.05, 0) is 49.2 Å². The number of carbonyl (C=O) groups excluding carboxylic acids is 2. The molecule has 0 spiro atoms. The molecule has 0 aliphatic carbocycles. The number of amides is 2. The third-order valence-corrected chi connectivity index (χ3v) is 4.20. The van der Waals surface area contributed by atoms with Crippen LogP contribution in [0.15, 0.2) is 36.4 Å². The summed E-state index contributed by atoms with van der Waals surface area (Å²) in [6.45, 7) is 4.11. The van der Waals surface area contributed by atoms with Crippen LogP contribution >= 0.6 is 0 Å². The Hall–Kier alpha value is -2.87. The molecule has 2 N–H and O–H groups in total. The Morgan fingerprint density at radius 3 is 2.28 bits per heavy atom. The molecule has 0 heterocycles. The lowest BCUT2D eigenvalue weighted by Gasteiger charge is -2.21. The van der Waals surface area contributed by atoms with Gasteiger partial charge in [-0.2, -0.15) is 0 Å². The first-order valence-corrected chi connectivity index (χ1v) is 9.38. The fourth-order valence-electron chi connectivity index (χ4n) is 2.82. The minimum absolute atomic E-state index is 0.0438. The molecule has 156 valence electrons. The number of carbonyl (C=O) groups is 2. The summed E-state index contributed by atoms with van der Waals surface area (Å²) in [5, 5.41) is 5.00. The van der Waals surface area contributed by atoms with Crippen molar-refractivity contribution in [2.45, 2.75) is 26.7 Å². The van der Waals surface area contributed by atoms with Crippen LogP contribution in [0.1, 0.15) is 25.8 Å². The van der Waals surface area contributed by atoms with Crippen LogP contribution in [0.25, 0.3) is 0 Å². The summed E-state index contributed by atoms with van der Waals surface area (Å²) in [5.74, 6) is -5.38. The van der Waals surface area contributed by atoms with Crippen molar-refractivity contribution in [3.05, 3.63) is 59.4 Å². The Labute approximate surface area is 167 Å². The Morgan fingerprint density at radius 1 is 0.931 bits per heavy atom. The third-order valence-electron chi connectivity index (χ3n) is 4.20. The zero-order valence-corrected chi connectivity index (χ0v) is 16.4. The molecule has 2 rings (SSSR count). The average molecular weight is 407 g/mol. The van der Waals surface area contributed by atoms with Gasteiger partial charge in [0.1, 0.15) is 0 Å².